The molecule has 2 bridgehead atoms. The Hall–Kier alpha value is -8.40. The van der Waals surface area contributed by atoms with Crippen molar-refractivity contribution in [3.8, 4) is 11.3 Å². The van der Waals surface area contributed by atoms with Crippen molar-refractivity contribution < 1.29 is 111 Å². The van der Waals surface area contributed by atoms with Crippen LogP contribution in [0.4, 0.5) is 5.82 Å². The van der Waals surface area contributed by atoms with Gasteiger partial charge in [0.2, 0.25) is 11.7 Å². The maximum absolute atomic E-state index is 14.7. The Labute approximate surface area is 751 Å². The van der Waals surface area contributed by atoms with E-state index in [1.807, 2.05) is 86.0 Å². The molecular formula is C94H139N11O23. The number of oxime groups is 1. The number of hydrogen-bond acceptors (Lipinski definition) is 29. The average Bonchev–Trinajstić information content (AvgIpc) is 1.71. The van der Waals surface area contributed by atoms with Gasteiger partial charge in [0.05, 0.1) is 160 Å². The molecule has 1 aromatic carbocycles. The van der Waals surface area contributed by atoms with Crippen molar-refractivity contribution in [1.82, 2.24) is 44.8 Å². The molecule has 0 spiro atoms. The first kappa shape index (κ1) is 102. The number of anilines is 1. The summed E-state index contributed by atoms with van der Waals surface area (Å²) >= 11 is 0. The second-order valence-electron chi connectivity index (χ2n) is 34.5. The monoisotopic (exact) mass is 1790 g/mol. The summed E-state index contributed by atoms with van der Waals surface area (Å²) in [5.41, 5.74) is 14.3. The summed E-state index contributed by atoms with van der Waals surface area (Å²) in [4.78, 5) is 95.4. The van der Waals surface area contributed by atoms with Crippen molar-refractivity contribution in [2.45, 2.75) is 212 Å². The molecule has 2 saturated heterocycles. The molecule has 0 radical (unpaired) electrons. The number of methoxy groups -OCH3 is 3. The van der Waals surface area contributed by atoms with Gasteiger partial charge in [-0.05, 0) is 142 Å². The number of pyridine rings is 1. The van der Waals surface area contributed by atoms with E-state index in [2.05, 4.69) is 48.6 Å². The number of fused-ring (bicyclic) bond motifs is 6. The van der Waals surface area contributed by atoms with Gasteiger partial charge in [-0.2, -0.15) is 5.10 Å². The van der Waals surface area contributed by atoms with Crippen molar-refractivity contribution in [2.75, 3.05) is 159 Å². The van der Waals surface area contributed by atoms with Gasteiger partial charge in [-0.25, -0.2) is 24.4 Å². The normalized spacial score (nSPS) is 27.8. The van der Waals surface area contributed by atoms with Gasteiger partial charge in [-0.15, -0.1) is 0 Å². The quantitative estimate of drug-likeness (QED) is 0.00639. The summed E-state index contributed by atoms with van der Waals surface area (Å²) in [7, 11) is 4.60. The van der Waals surface area contributed by atoms with Crippen LogP contribution in [0.1, 0.15) is 149 Å². The van der Waals surface area contributed by atoms with Gasteiger partial charge >= 0.3 is 5.97 Å². The van der Waals surface area contributed by atoms with Crippen LogP contribution in [0.5, 0.6) is 0 Å². The summed E-state index contributed by atoms with van der Waals surface area (Å²) in [5.74, 6) is -7.41. The van der Waals surface area contributed by atoms with E-state index in [9.17, 15) is 44.4 Å². The summed E-state index contributed by atoms with van der Waals surface area (Å²) in [5, 5.41) is 61.1. The third kappa shape index (κ3) is 30.1. The zero-order valence-corrected chi connectivity index (χ0v) is 76.4. The number of nitrogens with two attached hydrogens (primary N) is 1. The van der Waals surface area contributed by atoms with E-state index in [1.54, 1.807) is 47.3 Å². The molecule has 4 aliphatic heterocycles. The lowest BCUT2D eigenvalue weighted by Crippen LogP contribution is -2.61. The lowest BCUT2D eigenvalue weighted by molar-refractivity contribution is -0.265. The molecule has 3 fully saturated rings. The number of amides is 3. The molecule has 1 saturated carbocycles. The lowest BCUT2D eigenvalue weighted by Gasteiger charge is -2.43. The van der Waals surface area contributed by atoms with Crippen LogP contribution >= 0.6 is 0 Å². The highest BCUT2D eigenvalue weighted by atomic mass is 16.6. The van der Waals surface area contributed by atoms with Crippen LogP contribution in [0.3, 0.4) is 0 Å². The molecule has 34 heteroatoms. The summed E-state index contributed by atoms with van der Waals surface area (Å²) in [6.45, 7) is 20.3. The van der Waals surface area contributed by atoms with Crippen molar-refractivity contribution >= 4 is 63.1 Å². The van der Waals surface area contributed by atoms with Gasteiger partial charge < -0.3 is 113 Å². The number of aliphatic hydroxyl groups excluding tert-OH is 3. The number of aliphatic hydroxyl groups is 4. The summed E-state index contributed by atoms with van der Waals surface area (Å²) < 4.78 is 77.3. The minimum Gasteiger partial charge on any atom is -0.460 e. The number of nitrogens with zero attached hydrogens (tertiary/aromatic N) is 8. The summed E-state index contributed by atoms with van der Waals surface area (Å²) in [6, 6.07) is 9.18. The topological polar surface area (TPSA) is 425 Å². The molecule has 3 amide bonds. The second kappa shape index (κ2) is 52.6. The minimum atomic E-state index is -2.46. The number of hydrogen-bond donors (Lipinski definition) is 7. The SMILES string of the molecule is CO[C@H]1C[C@@H]2CC[C@@H](C)[C@@](O)(O2)C(=O)C(=O)N2CCCC[C@H]2C(=O)O[C@H]([C@H](C)C[C@@H]2CC[C@@H](O)[C@H](OC)C2)C[C@@H](O)[C@H](C)/C=C(\C)[C@@H](O)[C@@H](OC)/C(=N/OCC(=O)NCCOCCOCCOCCOCCOCCOCCOCCOCCC(=O)N2CCc3cc(Cn4nc(-c5cnc6[nH]ccc6c5)c5c(N)ncnc54)ccc3C2)[C@H](C)C[C@H](C)/C=C/C=C/C=C/1C. The maximum atomic E-state index is 14.7. The predicted molar refractivity (Wildman–Crippen MR) is 478 cm³/mol. The highest BCUT2D eigenvalue weighted by molar-refractivity contribution is 6.39. The lowest BCUT2D eigenvalue weighted by atomic mass is 9.78. The molecule has 5 aromatic rings. The van der Waals surface area contributed by atoms with Gasteiger partial charge in [-0.1, -0.05) is 94.4 Å². The van der Waals surface area contributed by atoms with Crippen molar-refractivity contribution in [3.05, 3.63) is 113 Å². The largest absolute Gasteiger partial charge is 0.460 e. The van der Waals surface area contributed by atoms with Crippen LogP contribution < -0.4 is 11.1 Å². The van der Waals surface area contributed by atoms with Crippen LogP contribution in [0.25, 0.3) is 33.3 Å². The first-order valence-corrected chi connectivity index (χ1v) is 45.5. The van der Waals surface area contributed by atoms with E-state index in [4.69, 9.17) is 77.2 Å². The fraction of sp³-hybridized carbons (Fsp3) is 0.660. The number of ether oxygens (including phenoxy) is 13. The third-order valence-corrected chi connectivity index (χ3v) is 24.9. The van der Waals surface area contributed by atoms with E-state index in [0.29, 0.717) is 204 Å². The van der Waals surface area contributed by atoms with Crippen LogP contribution in [-0.2, 0) is 110 Å². The first-order valence-electron chi connectivity index (χ1n) is 45.5. The van der Waals surface area contributed by atoms with Crippen molar-refractivity contribution in [2.24, 2.45) is 40.7 Å². The number of esters is 1. The highest BCUT2D eigenvalue weighted by Gasteiger charge is 2.53. The number of nitrogens with one attached hydrogen (secondary N) is 2. The zero-order valence-electron chi connectivity index (χ0n) is 76.4. The number of nitrogen functional groups attached to an aromatic ring is 1. The Morgan fingerprint density at radius 3 is 2.09 bits per heavy atom. The number of piperidine rings is 1. The molecule has 4 aromatic heterocycles. The number of carbonyl (C=O) groups excluding carboxylic acids is 5. The van der Waals surface area contributed by atoms with Gasteiger partial charge in [0.25, 0.3) is 17.6 Å². The number of cyclic esters (lactones) is 1. The minimum absolute atomic E-state index is 0.0302. The first-order chi connectivity index (χ1) is 61.9. The number of Topliss-reactive ketones (excluding diaryl/α,β-unsaturated/α-hetero) is 1. The Morgan fingerprint density at radius 1 is 0.727 bits per heavy atom. The zero-order chi connectivity index (χ0) is 91.5. The van der Waals surface area contributed by atoms with Crippen LogP contribution in [0.2, 0.25) is 0 Å². The van der Waals surface area contributed by atoms with Crippen molar-refractivity contribution in [1.29, 1.82) is 0 Å². The molecule has 10 rings (SSSR count). The smallest absolute Gasteiger partial charge is 0.329 e. The number of aromatic amines is 1. The maximum Gasteiger partial charge on any atom is 0.329 e. The molecule has 0 unspecified atom stereocenters. The second-order valence-corrected chi connectivity index (χ2v) is 34.5. The summed E-state index contributed by atoms with van der Waals surface area (Å²) in [6.07, 6.45) is 16.4. The van der Waals surface area contributed by atoms with Crippen LogP contribution in [0.15, 0.2) is 102 Å². The number of aromatic nitrogens is 6. The molecule has 708 valence electrons. The van der Waals surface area contributed by atoms with E-state index in [1.165, 1.54) is 23.9 Å². The molecule has 5 aliphatic rings. The van der Waals surface area contributed by atoms with E-state index in [0.717, 1.165) is 39.7 Å². The molecule has 8 N–H and O–H groups in total. The van der Waals surface area contributed by atoms with E-state index in [-0.39, 0.29) is 87.7 Å². The Morgan fingerprint density at radius 2 is 1.41 bits per heavy atom. The molecule has 1 aliphatic carbocycles. The van der Waals surface area contributed by atoms with E-state index >= 15 is 0 Å². The van der Waals surface area contributed by atoms with Crippen molar-refractivity contribution in [3.63, 3.8) is 0 Å². The van der Waals surface area contributed by atoms with Crippen LogP contribution in [0, 0.1) is 35.5 Å². The van der Waals surface area contributed by atoms with E-state index < -0.39 is 96.6 Å². The number of rotatable bonds is 39. The molecule has 128 heavy (non-hydrogen) atoms. The molecule has 8 heterocycles. The Bertz CT molecular complexity index is 4460. The molecule has 16 atom stereocenters. The van der Waals surface area contributed by atoms with Gasteiger partial charge in [0.15, 0.2) is 12.3 Å². The molecular weight excluding hydrogens is 1650 g/mol. The number of ketones is 1. The number of allylic oxidation sites excluding steroid dienone is 5. The fourth-order valence-electron chi connectivity index (χ4n) is 17.4. The Balaban J connectivity index is 0.581. The third-order valence-electron chi connectivity index (χ3n) is 24.9. The number of carbonyl (C=O) groups is 5. The predicted octanol–water partition coefficient (Wildman–Crippen LogP) is 8.31. The average molecular weight is 1790 g/mol. The number of H-pyrrole nitrogens is 1. The molecule has 34 nitrogen and oxygen atoms in total. The van der Waals surface area contributed by atoms with Gasteiger partial charge in [-0.3, -0.25) is 19.2 Å². The highest BCUT2D eigenvalue weighted by Crippen LogP contribution is 2.40. The standard InChI is InChI=1S/C94H139N11O23/c1-61-16-12-11-13-17-62(2)78(115-8)54-74-23-19-67(7)94(114,128-74)88(111)92(112)104-30-15-14-18-75(104)93(113)127-79(64(4)50-68-21-24-76(106)80(52-68)116-9)55-77(107)63(3)49-66(6)86(110)87(117-10)84(65(5)48-61)102-126-59-81(108)96-29-33-119-35-37-121-39-41-123-43-45-125-47-46-124-44-42-122-40-38-120-36-34-118-32-27-82(109)103-31-26-70-51-69(20-22-72(70)58-103)57-105-91-83(89(95)99-60-100-91)85(101-105)73-53-71-25-28-97-90(71)98-56-73/h11-13,16-17,20,22,25,28,49,51,53,56,60-61,63-65,67-68,74-80,86-87,106-107,110,114H,14-15,18-19,21,23-24,26-27,29-48,50,52,54-55,57-59H2,1-10H3,(H,96,108)(H,97,98)(H2,95,99,100)/b13-11+,16-12+,62-17+,66-49+,102-84+/t61-,63-,64-,65-,67-,68+,74+,75+,76-,77-,78+,79+,80-,86-,87+,94-/m1/s1. The Kier molecular flexibility index (Phi) is 41.8. The van der Waals surface area contributed by atoms with Gasteiger partial charge in [0.1, 0.15) is 47.8 Å². The number of benzene rings is 1. The van der Waals surface area contributed by atoms with Crippen LogP contribution in [-0.4, -0.2) is 309 Å². The van der Waals surface area contributed by atoms with Gasteiger partial charge in [0, 0.05) is 101 Å². The fourth-order valence-corrected chi connectivity index (χ4v) is 17.4.